The monoisotopic (exact) mass is 407 g/mol. The third kappa shape index (κ3) is 5.33. The van der Waals surface area contributed by atoms with Gasteiger partial charge in [0.1, 0.15) is 0 Å². The fourth-order valence-electron chi connectivity index (χ4n) is 3.65. The van der Waals surface area contributed by atoms with E-state index < -0.39 is 0 Å². The number of hydrogen-bond donors (Lipinski definition) is 2. The minimum absolute atomic E-state index is 0. The van der Waals surface area contributed by atoms with Crippen LogP contribution in [0.3, 0.4) is 0 Å². The molecule has 1 aromatic rings. The molecule has 0 radical (unpaired) electrons. The van der Waals surface area contributed by atoms with Crippen LogP contribution in [0.1, 0.15) is 25.3 Å². The van der Waals surface area contributed by atoms with Crippen molar-refractivity contribution >= 4 is 30.7 Å². The highest BCUT2D eigenvalue weighted by molar-refractivity contribution is 5.85. The Balaban J connectivity index is 0.00000169. The van der Waals surface area contributed by atoms with Gasteiger partial charge in [0.05, 0.1) is 25.3 Å². The summed E-state index contributed by atoms with van der Waals surface area (Å²) in [7, 11) is 1.91. The minimum Gasteiger partial charge on any atom is -0.379 e. The summed E-state index contributed by atoms with van der Waals surface area (Å²) in [6.45, 7) is 9.97. The molecular formula is C17H31Cl2N5O2. The van der Waals surface area contributed by atoms with Crippen molar-refractivity contribution in [3.8, 4) is 0 Å². The van der Waals surface area contributed by atoms with Crippen LogP contribution in [0.25, 0.3) is 0 Å². The zero-order valence-corrected chi connectivity index (χ0v) is 17.4. The molecule has 2 fully saturated rings. The lowest BCUT2D eigenvalue weighted by Crippen LogP contribution is -2.56. The minimum atomic E-state index is -0.0602. The Kier molecular flexibility index (Phi) is 8.82. The fraction of sp³-hybridized carbons (Fsp3) is 0.765. The van der Waals surface area contributed by atoms with Crippen LogP contribution >= 0.6 is 24.8 Å². The van der Waals surface area contributed by atoms with Crippen molar-refractivity contribution in [3.63, 3.8) is 0 Å². The molecule has 0 aromatic carbocycles. The summed E-state index contributed by atoms with van der Waals surface area (Å²) < 4.78 is 7.22. The largest absolute Gasteiger partial charge is 0.379 e. The van der Waals surface area contributed by atoms with Crippen LogP contribution in [0.15, 0.2) is 12.4 Å². The highest BCUT2D eigenvalue weighted by Crippen LogP contribution is 2.28. The first kappa shape index (κ1) is 23.2. The van der Waals surface area contributed by atoms with Gasteiger partial charge in [0.2, 0.25) is 5.91 Å². The molecule has 9 heteroatoms. The molecule has 0 unspecified atom stereocenters. The maximum atomic E-state index is 12.7. The third-order valence-corrected chi connectivity index (χ3v) is 5.27. The number of rotatable bonds is 5. The van der Waals surface area contributed by atoms with Gasteiger partial charge in [0.25, 0.3) is 0 Å². The van der Waals surface area contributed by atoms with Crippen LogP contribution in [0.5, 0.6) is 0 Å². The molecule has 2 aliphatic rings. The van der Waals surface area contributed by atoms with Crippen molar-refractivity contribution in [3.05, 3.63) is 18.0 Å². The summed E-state index contributed by atoms with van der Waals surface area (Å²) in [5.74, 6) is 0.301. The van der Waals surface area contributed by atoms with E-state index in [2.05, 4.69) is 34.5 Å². The average Bonchev–Trinajstić information content (AvgIpc) is 3.22. The summed E-state index contributed by atoms with van der Waals surface area (Å²) in [4.78, 5) is 15.1. The summed E-state index contributed by atoms with van der Waals surface area (Å²) in [6, 6.07) is 0. The van der Waals surface area contributed by atoms with Gasteiger partial charge in [-0.25, -0.2) is 0 Å². The summed E-state index contributed by atoms with van der Waals surface area (Å²) in [5.41, 5.74) is 1.07. The first-order chi connectivity index (χ1) is 11.5. The summed E-state index contributed by atoms with van der Waals surface area (Å²) >= 11 is 0. The van der Waals surface area contributed by atoms with Crippen LogP contribution in [-0.4, -0.2) is 72.1 Å². The number of amides is 1. The van der Waals surface area contributed by atoms with E-state index in [0.717, 1.165) is 45.0 Å². The number of ether oxygens (including phenoxy) is 1. The second-order valence-electron chi connectivity index (χ2n) is 7.45. The lowest BCUT2D eigenvalue weighted by Gasteiger charge is -2.41. The van der Waals surface area contributed by atoms with Gasteiger partial charge in [-0.05, 0) is 19.4 Å². The Hall–Kier alpha value is -0.860. The zero-order valence-electron chi connectivity index (χ0n) is 15.7. The summed E-state index contributed by atoms with van der Waals surface area (Å²) in [6.07, 6.45) is 3.88. The van der Waals surface area contributed by atoms with Crippen LogP contribution in [0, 0.1) is 5.92 Å². The zero-order chi connectivity index (χ0) is 17.2. The number of morpholine rings is 1. The normalized spacial score (nSPS) is 23.8. The van der Waals surface area contributed by atoms with E-state index in [9.17, 15) is 4.79 Å². The molecule has 2 atom stereocenters. The molecule has 1 aromatic heterocycles. The maximum Gasteiger partial charge on any atom is 0.225 e. The number of nitrogens with one attached hydrogen (secondary N) is 2. The van der Waals surface area contributed by atoms with Crippen molar-refractivity contribution in [1.82, 2.24) is 25.3 Å². The topological polar surface area (TPSA) is 71.4 Å². The molecule has 0 saturated carbocycles. The van der Waals surface area contributed by atoms with E-state index in [1.807, 2.05) is 19.4 Å². The highest BCUT2D eigenvalue weighted by atomic mass is 35.5. The van der Waals surface area contributed by atoms with Crippen LogP contribution < -0.4 is 10.6 Å². The molecular weight excluding hydrogens is 377 g/mol. The van der Waals surface area contributed by atoms with Crippen LogP contribution in [0.2, 0.25) is 0 Å². The number of halogens is 2. The smallest absolute Gasteiger partial charge is 0.225 e. The van der Waals surface area contributed by atoms with E-state index in [-0.39, 0.29) is 48.1 Å². The van der Waals surface area contributed by atoms with Crippen LogP contribution in [0.4, 0.5) is 0 Å². The number of aromatic nitrogens is 2. The van der Waals surface area contributed by atoms with Crippen molar-refractivity contribution in [2.45, 2.75) is 25.3 Å². The van der Waals surface area contributed by atoms with Crippen molar-refractivity contribution in [2.75, 3.05) is 45.9 Å². The Morgan fingerprint density at radius 1 is 1.35 bits per heavy atom. The SMILES string of the molecule is Cl.Cl.Cn1cc([C@H]2CNC[C@@H]2C(=O)NCC(C)(C)N2CCOCC2)cn1. The molecule has 1 amide bonds. The molecule has 0 spiro atoms. The maximum absolute atomic E-state index is 12.7. The molecule has 3 rings (SSSR count). The predicted molar refractivity (Wildman–Crippen MR) is 106 cm³/mol. The lowest BCUT2D eigenvalue weighted by molar-refractivity contribution is -0.125. The number of carbonyl (C=O) groups excluding carboxylic acids is 1. The van der Waals surface area contributed by atoms with Crippen LogP contribution in [-0.2, 0) is 16.6 Å². The lowest BCUT2D eigenvalue weighted by atomic mass is 9.90. The Morgan fingerprint density at radius 2 is 2.04 bits per heavy atom. The van der Waals surface area contributed by atoms with E-state index in [4.69, 9.17) is 4.74 Å². The molecule has 26 heavy (non-hydrogen) atoms. The molecule has 2 saturated heterocycles. The van der Waals surface area contributed by atoms with Gasteiger partial charge < -0.3 is 15.4 Å². The first-order valence-corrected chi connectivity index (χ1v) is 8.77. The summed E-state index contributed by atoms with van der Waals surface area (Å²) in [5, 5.41) is 10.8. The van der Waals surface area contributed by atoms with Crippen molar-refractivity contribution in [1.29, 1.82) is 0 Å². The predicted octanol–water partition coefficient (Wildman–Crippen LogP) is 0.794. The average molecular weight is 408 g/mol. The number of carbonyl (C=O) groups is 1. The van der Waals surface area contributed by atoms with Gasteiger partial charge in [-0.3, -0.25) is 14.4 Å². The van der Waals surface area contributed by atoms with E-state index in [1.54, 1.807) is 4.68 Å². The molecule has 150 valence electrons. The molecule has 0 aliphatic carbocycles. The second-order valence-corrected chi connectivity index (χ2v) is 7.45. The highest BCUT2D eigenvalue weighted by Gasteiger charge is 2.36. The number of aryl methyl sites for hydroxylation is 1. The second kappa shape index (κ2) is 9.90. The van der Waals surface area contributed by atoms with Gasteiger partial charge in [0, 0.05) is 57.4 Å². The van der Waals surface area contributed by atoms with Gasteiger partial charge in [-0.15, -0.1) is 24.8 Å². The molecule has 3 heterocycles. The third-order valence-electron chi connectivity index (χ3n) is 5.27. The van der Waals surface area contributed by atoms with E-state index >= 15 is 0 Å². The van der Waals surface area contributed by atoms with Gasteiger partial charge in [0.15, 0.2) is 0 Å². The molecule has 7 nitrogen and oxygen atoms in total. The molecule has 0 bridgehead atoms. The van der Waals surface area contributed by atoms with Gasteiger partial charge >= 0.3 is 0 Å². The quantitative estimate of drug-likeness (QED) is 0.754. The standard InChI is InChI=1S/C17H29N5O2.2ClH/c1-17(2,22-4-6-24-7-5-22)12-19-16(23)15-10-18-9-14(15)13-8-20-21(3)11-13;;/h8,11,14-15,18H,4-7,9-10,12H2,1-3H3,(H,19,23);2*1H/t14-,15+;;/m1../s1. The first-order valence-electron chi connectivity index (χ1n) is 8.77. The Morgan fingerprint density at radius 3 is 2.65 bits per heavy atom. The number of nitrogens with zero attached hydrogens (tertiary/aromatic N) is 3. The Labute approximate surface area is 168 Å². The Bertz CT molecular complexity index is 575. The van der Waals surface area contributed by atoms with Gasteiger partial charge in [-0.1, -0.05) is 0 Å². The molecule has 2 N–H and O–H groups in total. The van der Waals surface area contributed by atoms with E-state index in [0.29, 0.717) is 6.54 Å². The van der Waals surface area contributed by atoms with Gasteiger partial charge in [-0.2, -0.15) is 5.10 Å². The van der Waals surface area contributed by atoms with Crippen molar-refractivity contribution in [2.24, 2.45) is 13.0 Å². The van der Waals surface area contributed by atoms with Crippen molar-refractivity contribution < 1.29 is 9.53 Å². The van der Waals surface area contributed by atoms with E-state index in [1.165, 1.54) is 0 Å². The molecule has 2 aliphatic heterocycles. The fourth-order valence-corrected chi connectivity index (χ4v) is 3.65. The number of hydrogen-bond acceptors (Lipinski definition) is 5.